The Kier molecular flexibility index (Phi) is 4.99. The van der Waals surface area contributed by atoms with Crippen LogP contribution < -0.4 is 5.73 Å². The number of nitrogens with zero attached hydrogens (tertiary/aromatic N) is 2. The lowest BCUT2D eigenvalue weighted by Gasteiger charge is -2.16. The zero-order valence-corrected chi connectivity index (χ0v) is 12.9. The second-order valence-corrected chi connectivity index (χ2v) is 7.52. The van der Waals surface area contributed by atoms with Crippen molar-refractivity contribution in [2.75, 3.05) is 0 Å². The first kappa shape index (κ1) is 14.4. The molecule has 2 N–H and O–H groups in total. The summed E-state index contributed by atoms with van der Waals surface area (Å²) in [5, 5.41) is 4.90. The zero-order valence-electron chi connectivity index (χ0n) is 12.1. The average molecular weight is 295 g/mol. The van der Waals surface area contributed by atoms with Crippen molar-refractivity contribution in [3.05, 3.63) is 11.7 Å². The van der Waals surface area contributed by atoms with Gasteiger partial charge >= 0.3 is 0 Å². The molecule has 0 aromatic carbocycles. The van der Waals surface area contributed by atoms with E-state index in [1.165, 1.54) is 51.4 Å². The van der Waals surface area contributed by atoms with Crippen molar-refractivity contribution in [2.24, 2.45) is 11.7 Å². The van der Waals surface area contributed by atoms with Crippen molar-refractivity contribution in [2.45, 2.75) is 74.8 Å². The molecule has 0 bridgehead atoms. The zero-order chi connectivity index (χ0) is 13.8. The summed E-state index contributed by atoms with van der Waals surface area (Å²) in [5.41, 5.74) is 6.26. The molecule has 4 nitrogen and oxygen atoms in total. The van der Waals surface area contributed by atoms with Crippen molar-refractivity contribution in [3.63, 3.8) is 0 Å². The molecule has 0 aliphatic heterocycles. The third-order valence-electron chi connectivity index (χ3n) is 4.68. The summed E-state index contributed by atoms with van der Waals surface area (Å²) in [4.78, 5) is 4.50. The fraction of sp³-hybridized carbons (Fsp3) is 0.867. The van der Waals surface area contributed by atoms with Gasteiger partial charge in [-0.3, -0.25) is 0 Å². The summed E-state index contributed by atoms with van der Waals surface area (Å²) in [6.45, 7) is 0. The van der Waals surface area contributed by atoms with Crippen molar-refractivity contribution in [3.8, 4) is 0 Å². The summed E-state index contributed by atoms with van der Waals surface area (Å²) >= 11 is 1.98. The Labute approximate surface area is 125 Å². The Morgan fingerprint density at radius 2 is 1.85 bits per heavy atom. The molecule has 0 spiro atoms. The second-order valence-electron chi connectivity index (χ2n) is 6.23. The van der Waals surface area contributed by atoms with Gasteiger partial charge in [0.2, 0.25) is 5.89 Å². The minimum Gasteiger partial charge on any atom is -0.339 e. The SMILES string of the molecule is NC(Cc1nc(CSC2CCCC2)no1)C1CCCC1. The third kappa shape index (κ3) is 3.76. The highest BCUT2D eigenvalue weighted by Crippen LogP contribution is 2.31. The van der Waals surface area contributed by atoms with E-state index in [-0.39, 0.29) is 6.04 Å². The predicted molar refractivity (Wildman–Crippen MR) is 81.5 cm³/mol. The van der Waals surface area contributed by atoms with Crippen LogP contribution >= 0.6 is 11.8 Å². The Morgan fingerprint density at radius 1 is 1.15 bits per heavy atom. The van der Waals surface area contributed by atoms with Crippen LogP contribution in [-0.2, 0) is 12.2 Å². The molecule has 112 valence electrons. The predicted octanol–water partition coefficient (Wildman–Crippen LogP) is 3.31. The van der Waals surface area contributed by atoms with E-state index in [1.807, 2.05) is 11.8 Å². The Bertz CT molecular complexity index is 411. The maximum absolute atomic E-state index is 6.26. The van der Waals surface area contributed by atoms with Gasteiger partial charge in [0, 0.05) is 17.7 Å². The summed E-state index contributed by atoms with van der Waals surface area (Å²) in [7, 11) is 0. The lowest BCUT2D eigenvalue weighted by molar-refractivity contribution is 0.339. The largest absolute Gasteiger partial charge is 0.339 e. The van der Waals surface area contributed by atoms with E-state index in [4.69, 9.17) is 10.3 Å². The van der Waals surface area contributed by atoms with Crippen LogP contribution in [0.15, 0.2) is 4.52 Å². The fourth-order valence-electron chi connectivity index (χ4n) is 3.43. The quantitative estimate of drug-likeness (QED) is 0.872. The van der Waals surface area contributed by atoms with E-state index in [1.54, 1.807) is 0 Å². The van der Waals surface area contributed by atoms with E-state index in [0.29, 0.717) is 5.92 Å². The molecule has 1 unspecified atom stereocenters. The summed E-state index contributed by atoms with van der Waals surface area (Å²) in [6.07, 6.45) is 11.4. The van der Waals surface area contributed by atoms with Crippen molar-refractivity contribution in [1.82, 2.24) is 10.1 Å². The van der Waals surface area contributed by atoms with Gasteiger partial charge in [-0.25, -0.2) is 0 Å². The van der Waals surface area contributed by atoms with E-state index < -0.39 is 0 Å². The van der Waals surface area contributed by atoms with Crippen molar-refractivity contribution >= 4 is 11.8 Å². The Balaban J connectivity index is 1.45. The first-order chi connectivity index (χ1) is 9.81. The first-order valence-electron chi connectivity index (χ1n) is 8.00. The highest BCUT2D eigenvalue weighted by molar-refractivity contribution is 7.99. The fourth-order valence-corrected chi connectivity index (χ4v) is 4.60. The van der Waals surface area contributed by atoms with Gasteiger partial charge in [0.15, 0.2) is 5.82 Å². The first-order valence-corrected chi connectivity index (χ1v) is 9.05. The number of rotatable bonds is 6. The minimum atomic E-state index is 0.188. The van der Waals surface area contributed by atoms with Gasteiger partial charge < -0.3 is 10.3 Å². The van der Waals surface area contributed by atoms with Crippen LogP contribution in [0.3, 0.4) is 0 Å². The average Bonchev–Trinajstić information content (AvgIpc) is 3.19. The van der Waals surface area contributed by atoms with Crippen LogP contribution in [0, 0.1) is 5.92 Å². The van der Waals surface area contributed by atoms with Gasteiger partial charge in [0.25, 0.3) is 0 Å². The normalized spacial score (nSPS) is 22.6. The number of nitrogens with two attached hydrogens (primary N) is 1. The summed E-state index contributed by atoms with van der Waals surface area (Å²) < 4.78 is 5.36. The summed E-state index contributed by atoms with van der Waals surface area (Å²) in [5.74, 6) is 3.10. The maximum Gasteiger partial charge on any atom is 0.228 e. The number of aromatic nitrogens is 2. The van der Waals surface area contributed by atoms with Crippen LogP contribution in [0.5, 0.6) is 0 Å². The molecular weight excluding hydrogens is 270 g/mol. The molecule has 1 aromatic heterocycles. The lowest BCUT2D eigenvalue weighted by atomic mass is 9.96. The molecule has 0 amide bonds. The number of thioether (sulfide) groups is 1. The molecule has 0 saturated heterocycles. The Hall–Kier alpha value is -0.550. The molecule has 2 saturated carbocycles. The van der Waals surface area contributed by atoms with Gasteiger partial charge in [-0.05, 0) is 31.6 Å². The van der Waals surface area contributed by atoms with E-state index in [9.17, 15) is 0 Å². The molecule has 1 heterocycles. The monoisotopic (exact) mass is 295 g/mol. The molecule has 1 atom stereocenters. The molecular formula is C15H25N3OS. The van der Waals surface area contributed by atoms with Gasteiger partial charge in [-0.2, -0.15) is 16.7 Å². The van der Waals surface area contributed by atoms with Crippen LogP contribution in [0.4, 0.5) is 0 Å². The molecule has 5 heteroatoms. The molecule has 0 radical (unpaired) electrons. The van der Waals surface area contributed by atoms with E-state index >= 15 is 0 Å². The molecule has 1 aromatic rings. The number of hydrogen-bond donors (Lipinski definition) is 1. The maximum atomic E-state index is 6.26. The lowest BCUT2D eigenvalue weighted by Crippen LogP contribution is -2.30. The standard InChI is InChI=1S/C15H25N3OS/c16-13(11-5-1-2-6-11)9-15-17-14(18-19-15)10-20-12-7-3-4-8-12/h11-13H,1-10,16H2. The summed E-state index contributed by atoms with van der Waals surface area (Å²) in [6, 6.07) is 0.188. The second kappa shape index (κ2) is 6.94. The van der Waals surface area contributed by atoms with Crippen molar-refractivity contribution < 1.29 is 4.52 Å². The molecule has 3 rings (SSSR count). The molecule has 2 fully saturated rings. The highest BCUT2D eigenvalue weighted by atomic mass is 32.2. The van der Waals surface area contributed by atoms with Gasteiger partial charge in [0.1, 0.15) is 0 Å². The Morgan fingerprint density at radius 3 is 2.60 bits per heavy atom. The van der Waals surface area contributed by atoms with Crippen LogP contribution in [0.25, 0.3) is 0 Å². The van der Waals surface area contributed by atoms with Crippen LogP contribution in [0.2, 0.25) is 0 Å². The molecule has 2 aliphatic rings. The molecule has 20 heavy (non-hydrogen) atoms. The third-order valence-corrected chi connectivity index (χ3v) is 6.04. The van der Waals surface area contributed by atoms with Gasteiger partial charge in [0.05, 0.1) is 5.75 Å². The smallest absolute Gasteiger partial charge is 0.228 e. The van der Waals surface area contributed by atoms with Crippen molar-refractivity contribution in [1.29, 1.82) is 0 Å². The van der Waals surface area contributed by atoms with E-state index in [0.717, 1.165) is 29.1 Å². The number of hydrogen-bond acceptors (Lipinski definition) is 5. The highest BCUT2D eigenvalue weighted by Gasteiger charge is 2.24. The van der Waals surface area contributed by atoms with Crippen LogP contribution in [0.1, 0.15) is 63.1 Å². The van der Waals surface area contributed by atoms with Crippen LogP contribution in [-0.4, -0.2) is 21.4 Å². The topological polar surface area (TPSA) is 64.9 Å². The molecule has 2 aliphatic carbocycles. The van der Waals surface area contributed by atoms with E-state index in [2.05, 4.69) is 10.1 Å². The minimum absolute atomic E-state index is 0.188. The van der Waals surface area contributed by atoms with Gasteiger partial charge in [-0.15, -0.1) is 0 Å². The van der Waals surface area contributed by atoms with Gasteiger partial charge in [-0.1, -0.05) is 30.8 Å².